The molecule has 0 aliphatic heterocycles. The molecule has 1 aliphatic carbocycles. The highest BCUT2D eigenvalue weighted by Crippen LogP contribution is 2.37. The zero-order valence-electron chi connectivity index (χ0n) is 13.3. The maximum absolute atomic E-state index is 12.4. The molecule has 1 amide bonds. The quantitative estimate of drug-likeness (QED) is 0.802. The number of carbonyl (C=O) groups excluding carboxylic acids is 1. The number of carbonyl (C=O) groups is 1. The van der Waals surface area contributed by atoms with E-state index in [1.54, 1.807) is 12.1 Å². The number of amides is 1. The number of nitrogen functional groups attached to an aromatic ring is 1. The van der Waals surface area contributed by atoms with E-state index in [1.165, 1.54) is 12.7 Å². The average Bonchev–Trinajstić information content (AvgIpc) is 2.53. The number of hydrogen-bond acceptors (Lipinski definition) is 3. The molecule has 1 saturated carbocycles. The van der Waals surface area contributed by atoms with Gasteiger partial charge in [0.1, 0.15) is 5.75 Å². The van der Waals surface area contributed by atoms with Crippen LogP contribution in [0.4, 0.5) is 5.69 Å². The van der Waals surface area contributed by atoms with Crippen molar-refractivity contribution in [2.45, 2.75) is 24.8 Å². The van der Waals surface area contributed by atoms with Crippen LogP contribution in [-0.4, -0.2) is 19.1 Å². The summed E-state index contributed by atoms with van der Waals surface area (Å²) in [7, 11) is 1.51. The van der Waals surface area contributed by atoms with Gasteiger partial charge in [-0.05, 0) is 30.4 Å². The molecule has 0 saturated heterocycles. The number of nitrogens with one attached hydrogen (secondary N) is 1. The molecule has 6 heteroatoms. The molecule has 1 fully saturated rings. The van der Waals surface area contributed by atoms with Crippen molar-refractivity contribution < 1.29 is 9.53 Å². The highest BCUT2D eigenvalue weighted by molar-refractivity contribution is 6.33. The predicted octanol–water partition coefficient (Wildman–Crippen LogP) is 4.03. The van der Waals surface area contributed by atoms with E-state index in [-0.39, 0.29) is 24.4 Å². The number of benzene rings is 2. The summed E-state index contributed by atoms with van der Waals surface area (Å²) < 4.78 is 5.23. The molecular weight excluding hydrogens is 347 g/mol. The lowest BCUT2D eigenvalue weighted by molar-refractivity contribution is 0.0906. The minimum Gasteiger partial charge on any atom is -0.496 e. The van der Waals surface area contributed by atoms with Crippen molar-refractivity contribution >= 4 is 35.6 Å². The lowest BCUT2D eigenvalue weighted by Gasteiger charge is -2.36. The van der Waals surface area contributed by atoms with Crippen LogP contribution < -0.4 is 15.8 Å². The molecule has 1 aliphatic rings. The van der Waals surface area contributed by atoms with Gasteiger partial charge in [0.05, 0.1) is 23.4 Å². The Kier molecular flexibility index (Phi) is 5.97. The van der Waals surface area contributed by atoms with Gasteiger partial charge >= 0.3 is 0 Å². The van der Waals surface area contributed by atoms with Gasteiger partial charge in [-0.2, -0.15) is 0 Å². The molecule has 3 rings (SSSR count). The average molecular weight is 367 g/mol. The first-order chi connectivity index (χ1) is 11.1. The van der Waals surface area contributed by atoms with Gasteiger partial charge in [0.25, 0.3) is 5.91 Å². The van der Waals surface area contributed by atoms with E-state index in [4.69, 9.17) is 22.1 Å². The summed E-state index contributed by atoms with van der Waals surface area (Å²) in [6.45, 7) is 0. The van der Waals surface area contributed by atoms with Crippen molar-refractivity contribution in [3.63, 3.8) is 0 Å². The minimum absolute atomic E-state index is 0. The van der Waals surface area contributed by atoms with Crippen molar-refractivity contribution in [1.29, 1.82) is 0 Å². The Bertz CT molecular complexity index is 716. The molecule has 24 heavy (non-hydrogen) atoms. The highest BCUT2D eigenvalue weighted by atomic mass is 35.5. The smallest absolute Gasteiger partial charge is 0.255 e. The molecule has 0 unspecified atom stereocenters. The van der Waals surface area contributed by atoms with Crippen molar-refractivity contribution in [3.05, 3.63) is 58.6 Å². The number of ether oxygens (including phenoxy) is 1. The van der Waals surface area contributed by atoms with E-state index in [9.17, 15) is 4.79 Å². The molecule has 2 aromatic carbocycles. The molecular formula is C18H20Cl2N2O2. The topological polar surface area (TPSA) is 64.3 Å². The fraction of sp³-hybridized carbons (Fsp3) is 0.278. The predicted molar refractivity (Wildman–Crippen MR) is 99.3 cm³/mol. The van der Waals surface area contributed by atoms with E-state index >= 15 is 0 Å². The van der Waals surface area contributed by atoms with Crippen LogP contribution in [0.3, 0.4) is 0 Å². The fourth-order valence-electron chi connectivity index (χ4n) is 2.91. The van der Waals surface area contributed by atoms with Gasteiger partial charge in [-0.1, -0.05) is 41.9 Å². The number of anilines is 1. The van der Waals surface area contributed by atoms with Gasteiger partial charge < -0.3 is 15.8 Å². The number of halogens is 2. The third-order valence-electron chi connectivity index (χ3n) is 4.31. The summed E-state index contributed by atoms with van der Waals surface area (Å²) in [6.07, 6.45) is 1.89. The van der Waals surface area contributed by atoms with Crippen LogP contribution in [0.2, 0.25) is 5.02 Å². The van der Waals surface area contributed by atoms with Crippen LogP contribution in [0.25, 0.3) is 0 Å². The standard InChI is InChI=1S/C18H19ClN2O2.ClH/c1-23-17-10-16(20)15(19)9-14(17)18(22)21-13-7-12(8-13)11-5-3-2-4-6-11;/h2-6,9-10,12-13H,7-8,20H2,1H3,(H,21,22);1H. The summed E-state index contributed by atoms with van der Waals surface area (Å²) in [4.78, 5) is 12.4. The van der Waals surface area contributed by atoms with Crippen molar-refractivity contribution in [2.75, 3.05) is 12.8 Å². The highest BCUT2D eigenvalue weighted by Gasteiger charge is 2.32. The first kappa shape index (κ1) is 18.4. The number of methoxy groups -OCH3 is 1. The van der Waals surface area contributed by atoms with Crippen LogP contribution >= 0.6 is 24.0 Å². The molecule has 0 heterocycles. The van der Waals surface area contributed by atoms with Gasteiger partial charge in [-0.25, -0.2) is 0 Å². The van der Waals surface area contributed by atoms with Gasteiger partial charge in [0.15, 0.2) is 0 Å². The Labute approximate surface area is 152 Å². The summed E-state index contributed by atoms with van der Waals surface area (Å²) in [5.41, 5.74) is 7.88. The van der Waals surface area contributed by atoms with Gasteiger partial charge in [0, 0.05) is 12.1 Å². The maximum atomic E-state index is 12.4. The van der Waals surface area contributed by atoms with Gasteiger partial charge in [-0.15, -0.1) is 12.4 Å². The number of hydrogen-bond donors (Lipinski definition) is 2. The van der Waals surface area contributed by atoms with Crippen molar-refractivity contribution in [3.8, 4) is 5.75 Å². The molecule has 0 aromatic heterocycles. The molecule has 0 spiro atoms. The Morgan fingerprint density at radius 2 is 1.92 bits per heavy atom. The van der Waals surface area contributed by atoms with Crippen LogP contribution in [-0.2, 0) is 0 Å². The molecule has 0 radical (unpaired) electrons. The Balaban J connectivity index is 0.00000208. The lowest BCUT2D eigenvalue weighted by atomic mass is 9.76. The first-order valence-corrected chi connectivity index (χ1v) is 7.95. The van der Waals surface area contributed by atoms with Crippen molar-refractivity contribution in [1.82, 2.24) is 5.32 Å². The molecule has 4 nitrogen and oxygen atoms in total. The van der Waals surface area contributed by atoms with E-state index in [0.717, 1.165) is 12.8 Å². The van der Waals surface area contributed by atoms with E-state index in [2.05, 4.69) is 17.4 Å². The summed E-state index contributed by atoms with van der Waals surface area (Å²) >= 11 is 6.01. The monoisotopic (exact) mass is 366 g/mol. The van der Waals surface area contributed by atoms with Crippen LogP contribution in [0.5, 0.6) is 5.75 Å². The maximum Gasteiger partial charge on any atom is 0.255 e. The van der Waals surface area contributed by atoms with Crippen LogP contribution in [0.15, 0.2) is 42.5 Å². The van der Waals surface area contributed by atoms with Crippen LogP contribution in [0, 0.1) is 0 Å². The van der Waals surface area contributed by atoms with E-state index in [0.29, 0.717) is 27.9 Å². The Morgan fingerprint density at radius 3 is 2.54 bits per heavy atom. The zero-order chi connectivity index (χ0) is 16.4. The molecule has 0 atom stereocenters. The second-order valence-corrected chi connectivity index (χ2v) is 6.23. The summed E-state index contributed by atoms with van der Waals surface area (Å²) in [5.74, 6) is 0.766. The first-order valence-electron chi connectivity index (χ1n) is 7.57. The Morgan fingerprint density at radius 1 is 1.25 bits per heavy atom. The molecule has 128 valence electrons. The summed E-state index contributed by atoms with van der Waals surface area (Å²) in [6, 6.07) is 13.7. The largest absolute Gasteiger partial charge is 0.496 e. The second-order valence-electron chi connectivity index (χ2n) is 5.82. The van der Waals surface area contributed by atoms with Crippen molar-refractivity contribution in [2.24, 2.45) is 0 Å². The summed E-state index contributed by atoms with van der Waals surface area (Å²) in [5, 5.41) is 3.39. The van der Waals surface area contributed by atoms with Gasteiger partial charge in [0.2, 0.25) is 0 Å². The second kappa shape index (κ2) is 7.77. The Hall–Kier alpha value is -1.91. The molecule has 3 N–H and O–H groups in total. The minimum atomic E-state index is -0.180. The molecule has 0 bridgehead atoms. The fourth-order valence-corrected chi connectivity index (χ4v) is 3.08. The molecule has 2 aromatic rings. The number of rotatable bonds is 4. The third kappa shape index (κ3) is 3.77. The SMILES string of the molecule is COc1cc(N)c(Cl)cc1C(=O)NC1CC(c2ccccc2)C1.Cl. The zero-order valence-corrected chi connectivity index (χ0v) is 14.9. The van der Waals surface area contributed by atoms with Gasteiger partial charge in [-0.3, -0.25) is 4.79 Å². The number of nitrogens with two attached hydrogens (primary N) is 1. The normalized spacial score (nSPS) is 18.9. The third-order valence-corrected chi connectivity index (χ3v) is 4.64. The van der Waals surface area contributed by atoms with E-state index < -0.39 is 0 Å². The lowest BCUT2D eigenvalue weighted by Crippen LogP contribution is -2.43. The van der Waals surface area contributed by atoms with E-state index in [1.807, 2.05) is 18.2 Å². The van der Waals surface area contributed by atoms with Crippen LogP contribution in [0.1, 0.15) is 34.7 Å².